The number of likely N-dealkylation sites (tertiary alicyclic amines) is 1. The van der Waals surface area contributed by atoms with E-state index in [1.54, 1.807) is 35.2 Å². The molecule has 3 saturated heterocycles. The molecule has 3 aliphatic rings. The van der Waals surface area contributed by atoms with E-state index in [-0.39, 0.29) is 47.4 Å². The number of anilines is 1. The number of carbonyl (C=O) groups excluding carboxylic acids is 1. The van der Waals surface area contributed by atoms with Gasteiger partial charge in [-0.15, -0.1) is 6.42 Å². The van der Waals surface area contributed by atoms with E-state index >= 15 is 4.39 Å². The number of pyridine rings is 1. The zero-order valence-electron chi connectivity index (χ0n) is 29.4. The molecule has 3 fully saturated rings. The molecule has 2 aromatic carbocycles. The Morgan fingerprint density at radius 3 is 2.78 bits per heavy atom. The summed E-state index contributed by atoms with van der Waals surface area (Å²) in [4.78, 5) is 34.9. The minimum absolute atomic E-state index is 0.0194. The molecule has 2 aromatic heterocycles. The van der Waals surface area contributed by atoms with Crippen molar-refractivity contribution in [3.05, 3.63) is 65.9 Å². The second-order valence-electron chi connectivity index (χ2n) is 14.2. The lowest BCUT2D eigenvalue weighted by molar-refractivity contribution is -0.125. The van der Waals surface area contributed by atoms with Crippen molar-refractivity contribution in [2.75, 3.05) is 58.8 Å². The molecule has 4 aromatic rings. The number of rotatable bonds is 9. The van der Waals surface area contributed by atoms with E-state index in [1.807, 2.05) is 43.9 Å². The molecule has 0 spiro atoms. The number of ether oxygens (including phenoxy) is 1. The molecule has 4 atom stereocenters. The molecule has 1 amide bonds. The fourth-order valence-electron chi connectivity index (χ4n) is 7.81. The second-order valence-corrected chi connectivity index (χ2v) is 14.2. The lowest BCUT2D eigenvalue weighted by atomic mass is 9.95. The molecule has 51 heavy (non-hydrogen) atoms. The van der Waals surface area contributed by atoms with Gasteiger partial charge < -0.3 is 19.4 Å². The summed E-state index contributed by atoms with van der Waals surface area (Å²) in [7, 11) is 5.77. The summed E-state index contributed by atoms with van der Waals surface area (Å²) in [5, 5.41) is 1.37. The van der Waals surface area contributed by atoms with Crippen molar-refractivity contribution in [1.29, 1.82) is 0 Å². The molecule has 5 heterocycles. The van der Waals surface area contributed by atoms with Crippen molar-refractivity contribution in [1.82, 2.24) is 29.7 Å². The van der Waals surface area contributed by atoms with E-state index in [0.717, 1.165) is 19.4 Å². The van der Waals surface area contributed by atoms with Crippen LogP contribution in [0, 0.1) is 24.0 Å². The Labute approximate surface area is 296 Å². The van der Waals surface area contributed by atoms with Gasteiger partial charge in [0.15, 0.2) is 5.82 Å². The summed E-state index contributed by atoms with van der Waals surface area (Å²) < 4.78 is 52.6. The summed E-state index contributed by atoms with van der Waals surface area (Å²) in [5.41, 5.74) is -0.177. The Kier molecular flexibility index (Phi) is 9.37. The summed E-state index contributed by atoms with van der Waals surface area (Å²) in [6.07, 6.45) is 12.6. The molecule has 12 heteroatoms. The van der Waals surface area contributed by atoms with Crippen molar-refractivity contribution < 1.29 is 22.7 Å². The van der Waals surface area contributed by atoms with E-state index in [1.165, 1.54) is 12.3 Å². The van der Waals surface area contributed by atoms with Gasteiger partial charge in [-0.3, -0.25) is 14.7 Å². The first-order valence-electron chi connectivity index (χ1n) is 17.4. The van der Waals surface area contributed by atoms with E-state index < -0.39 is 23.3 Å². The molecule has 266 valence electrons. The van der Waals surface area contributed by atoms with Gasteiger partial charge in [0.05, 0.1) is 16.5 Å². The molecular weight excluding hydrogens is 655 g/mol. The minimum Gasteiger partial charge on any atom is -0.461 e. The van der Waals surface area contributed by atoms with E-state index in [4.69, 9.17) is 16.1 Å². The zero-order chi connectivity index (χ0) is 36.0. The maximum absolute atomic E-state index is 16.9. The van der Waals surface area contributed by atoms with Gasteiger partial charge in [-0.25, -0.2) is 13.2 Å². The average molecular weight is 698 g/mol. The van der Waals surface area contributed by atoms with Gasteiger partial charge in [-0.1, -0.05) is 36.3 Å². The Bertz CT molecular complexity index is 2070. The van der Waals surface area contributed by atoms with Crippen LogP contribution in [0.2, 0.25) is 0 Å². The maximum atomic E-state index is 16.9. The molecule has 0 bridgehead atoms. The largest absolute Gasteiger partial charge is 0.461 e. The highest BCUT2D eigenvalue weighted by Crippen LogP contribution is 2.41. The molecular formula is C39H42F3N7O2. The number of carbonyl (C=O) groups is 1. The SMILES string of the molecule is C#Cc1c(F)ccc2cccc(-c3ncc4c(N(C)[C@@H]5CCN(C(=O)/C=C/C(C)N(C)C)C5)nc(OC[C@@]56CCCN5C[C@H](F)C6)nc4c3F)c12. The van der Waals surface area contributed by atoms with Crippen LogP contribution in [0.1, 0.15) is 38.2 Å². The molecule has 0 saturated carbocycles. The molecule has 3 aliphatic heterocycles. The quantitative estimate of drug-likeness (QED) is 0.165. The summed E-state index contributed by atoms with van der Waals surface area (Å²) in [6.45, 7) is 4.34. The maximum Gasteiger partial charge on any atom is 0.319 e. The molecule has 1 unspecified atom stereocenters. The number of hydrogen-bond donors (Lipinski definition) is 0. The highest BCUT2D eigenvalue weighted by Gasteiger charge is 2.49. The highest BCUT2D eigenvalue weighted by molar-refractivity contribution is 6.02. The first-order valence-corrected chi connectivity index (χ1v) is 17.4. The molecule has 7 rings (SSSR count). The van der Waals surface area contributed by atoms with Crippen LogP contribution in [0.3, 0.4) is 0 Å². The van der Waals surface area contributed by atoms with Gasteiger partial charge in [-0.2, -0.15) is 9.97 Å². The number of likely N-dealkylation sites (N-methyl/N-ethyl adjacent to an activating group) is 2. The van der Waals surface area contributed by atoms with Crippen molar-refractivity contribution in [2.45, 2.75) is 56.4 Å². The minimum atomic E-state index is -0.938. The number of benzene rings is 2. The van der Waals surface area contributed by atoms with Gasteiger partial charge >= 0.3 is 6.01 Å². The van der Waals surface area contributed by atoms with Crippen LogP contribution in [0.4, 0.5) is 19.0 Å². The number of amides is 1. The van der Waals surface area contributed by atoms with Crippen molar-refractivity contribution >= 4 is 33.4 Å². The molecule has 0 N–H and O–H groups in total. The van der Waals surface area contributed by atoms with Crippen LogP contribution < -0.4 is 9.64 Å². The Hall–Kier alpha value is -4.73. The molecule has 0 radical (unpaired) electrons. The summed E-state index contributed by atoms with van der Waals surface area (Å²) in [6, 6.07) is 8.01. The van der Waals surface area contributed by atoms with Gasteiger partial charge in [0.25, 0.3) is 0 Å². The third kappa shape index (κ3) is 6.38. The number of hydrogen-bond acceptors (Lipinski definition) is 8. The predicted molar refractivity (Wildman–Crippen MR) is 192 cm³/mol. The number of terminal acetylenes is 1. The topological polar surface area (TPSA) is 77.9 Å². The fourth-order valence-corrected chi connectivity index (χ4v) is 7.81. The smallest absolute Gasteiger partial charge is 0.319 e. The third-order valence-corrected chi connectivity index (χ3v) is 11.0. The number of aromatic nitrogens is 3. The lowest BCUT2D eigenvalue weighted by Crippen LogP contribution is -2.43. The monoisotopic (exact) mass is 697 g/mol. The fraction of sp³-hybridized carbons (Fsp3) is 0.436. The Morgan fingerprint density at radius 1 is 1.18 bits per heavy atom. The van der Waals surface area contributed by atoms with Crippen LogP contribution >= 0.6 is 0 Å². The summed E-state index contributed by atoms with van der Waals surface area (Å²) in [5.74, 6) is 1.42. The standard InChI is InChI=1S/C39H42F3N7O2/c1-6-28-31(41)13-12-25-9-7-10-29(33(25)28)35-34(42)36-30(20-43-35)37(45-38(44-36)51-23-39-16-8-17-49(39)21-26(40)19-39)47(5)27-15-18-48(22-27)32(50)14-11-24(2)46(3)4/h1,7,9-14,20,24,26-27H,8,15-19,21-23H2,2-5H3/b14-11+/t24?,26-,27-,39+/m1/s1. The number of halogens is 3. The predicted octanol–water partition coefficient (Wildman–Crippen LogP) is 5.60. The van der Waals surface area contributed by atoms with Gasteiger partial charge in [-0.05, 0) is 58.3 Å². The lowest BCUT2D eigenvalue weighted by Gasteiger charge is -2.31. The van der Waals surface area contributed by atoms with Crippen molar-refractivity contribution in [2.24, 2.45) is 0 Å². The van der Waals surface area contributed by atoms with E-state index in [2.05, 4.69) is 20.8 Å². The third-order valence-electron chi connectivity index (χ3n) is 11.0. The van der Waals surface area contributed by atoms with Crippen LogP contribution in [0.5, 0.6) is 6.01 Å². The van der Waals surface area contributed by atoms with Crippen LogP contribution in [-0.2, 0) is 4.79 Å². The van der Waals surface area contributed by atoms with Crippen LogP contribution in [0.15, 0.2) is 48.7 Å². The number of alkyl halides is 1. The van der Waals surface area contributed by atoms with E-state index in [0.29, 0.717) is 60.0 Å². The molecule has 0 aliphatic carbocycles. The van der Waals surface area contributed by atoms with Crippen LogP contribution in [-0.4, -0.2) is 113 Å². The normalized spacial score (nSPS) is 22.7. The Morgan fingerprint density at radius 2 is 2.00 bits per heavy atom. The first-order chi connectivity index (χ1) is 24.5. The average Bonchev–Trinajstić information content (AvgIpc) is 3.84. The van der Waals surface area contributed by atoms with Crippen LogP contribution in [0.25, 0.3) is 32.9 Å². The van der Waals surface area contributed by atoms with Gasteiger partial charge in [0, 0.05) is 68.4 Å². The Balaban J connectivity index is 1.28. The first kappa shape index (κ1) is 34.7. The van der Waals surface area contributed by atoms with Gasteiger partial charge in [0.2, 0.25) is 5.91 Å². The highest BCUT2D eigenvalue weighted by atomic mass is 19.1. The zero-order valence-corrected chi connectivity index (χ0v) is 29.4. The van der Waals surface area contributed by atoms with E-state index in [9.17, 15) is 13.6 Å². The number of nitrogens with zero attached hydrogens (tertiary/aromatic N) is 7. The number of fused-ring (bicyclic) bond motifs is 3. The molecule has 9 nitrogen and oxygen atoms in total. The second kappa shape index (κ2) is 13.8. The van der Waals surface area contributed by atoms with Crippen molar-refractivity contribution in [3.63, 3.8) is 0 Å². The summed E-state index contributed by atoms with van der Waals surface area (Å²) >= 11 is 0. The van der Waals surface area contributed by atoms with Gasteiger partial charge in [0.1, 0.15) is 35.6 Å². The van der Waals surface area contributed by atoms with Crippen molar-refractivity contribution in [3.8, 4) is 29.6 Å².